The Hall–Kier alpha value is -1.29. The van der Waals surface area contributed by atoms with Crippen LogP contribution in [0.1, 0.15) is 12.8 Å². The Balaban J connectivity index is 2.73. The first-order valence-corrected chi connectivity index (χ1v) is 8.10. The molecule has 1 saturated heterocycles. The van der Waals surface area contributed by atoms with Crippen LogP contribution in [0.2, 0.25) is 0 Å². The molecule has 0 amide bonds. The van der Waals surface area contributed by atoms with Gasteiger partial charge < -0.3 is 4.74 Å². The van der Waals surface area contributed by atoms with Gasteiger partial charge in [-0.1, -0.05) is 0 Å². The number of sulfonamides is 1. The molecule has 0 unspecified atom stereocenters. The third kappa shape index (κ3) is 5.07. The van der Waals surface area contributed by atoms with Gasteiger partial charge >= 0.3 is 0 Å². The number of hydrogen-bond donors (Lipinski definition) is 0. The highest BCUT2D eigenvalue weighted by Crippen LogP contribution is 2.29. The molecule has 108 valence electrons. The topological polar surface area (TPSA) is 107 Å². The summed E-state index contributed by atoms with van der Waals surface area (Å²) in [7, 11) is -3.61. The van der Waals surface area contributed by atoms with Crippen LogP contribution in [-0.4, -0.2) is 48.8 Å². The van der Waals surface area contributed by atoms with Crippen molar-refractivity contribution in [1.29, 1.82) is 0 Å². The first kappa shape index (κ1) is 15.8. The molecule has 0 aromatic rings. The molecule has 0 N–H and O–H groups in total. The average molecular weight is 310 g/mol. The van der Waals surface area contributed by atoms with Crippen molar-refractivity contribution in [2.75, 3.05) is 24.7 Å². The Morgan fingerprint density at radius 1 is 1.53 bits per heavy atom. The maximum atomic E-state index is 12.0. The Morgan fingerprint density at radius 3 is 2.89 bits per heavy atom. The van der Waals surface area contributed by atoms with Crippen molar-refractivity contribution in [3.63, 3.8) is 0 Å². The first-order chi connectivity index (χ1) is 8.97. The van der Waals surface area contributed by atoms with E-state index in [1.54, 1.807) is 0 Å². The molecule has 0 spiro atoms. The van der Waals surface area contributed by atoms with Crippen molar-refractivity contribution in [1.82, 2.24) is 4.31 Å². The summed E-state index contributed by atoms with van der Waals surface area (Å²) in [6, 6.07) is 0. The molecule has 8 nitrogen and oxygen atoms in total. The van der Waals surface area contributed by atoms with Crippen molar-refractivity contribution < 1.29 is 22.9 Å². The van der Waals surface area contributed by atoms with E-state index in [0.717, 1.165) is 16.1 Å². The lowest BCUT2D eigenvalue weighted by molar-refractivity contribution is -0.403. The predicted molar refractivity (Wildman–Crippen MR) is 69.3 cm³/mol. The number of thioether (sulfide) groups is 1. The number of nitro groups is 1. The van der Waals surface area contributed by atoms with Gasteiger partial charge in [-0.25, -0.2) is 8.42 Å². The van der Waals surface area contributed by atoms with E-state index < -0.39 is 14.9 Å². The monoisotopic (exact) mass is 310 g/mol. The van der Waals surface area contributed by atoms with E-state index in [9.17, 15) is 23.3 Å². The van der Waals surface area contributed by atoms with Gasteiger partial charge in [0.1, 0.15) is 0 Å². The van der Waals surface area contributed by atoms with Gasteiger partial charge in [-0.15, -0.1) is 11.8 Å². The van der Waals surface area contributed by atoms with Gasteiger partial charge in [0.2, 0.25) is 10.0 Å². The number of hydrogen-bond acceptors (Lipinski definition) is 7. The highest BCUT2D eigenvalue weighted by Gasteiger charge is 2.29. The number of carbonyl (C=O) groups is 1. The summed E-state index contributed by atoms with van der Waals surface area (Å²) in [6.07, 6.45) is 1.51. The molecular weight excluding hydrogens is 296 g/mol. The molecule has 0 saturated carbocycles. The van der Waals surface area contributed by atoms with Crippen molar-refractivity contribution in [3.8, 4) is 0 Å². The summed E-state index contributed by atoms with van der Waals surface area (Å²) < 4.78 is 29.6. The molecule has 0 aromatic heterocycles. The molecule has 0 bridgehead atoms. The lowest BCUT2D eigenvalue weighted by Crippen LogP contribution is -2.35. The van der Waals surface area contributed by atoms with Crippen LogP contribution in [0.15, 0.2) is 11.2 Å². The van der Waals surface area contributed by atoms with Crippen LogP contribution in [0.3, 0.4) is 0 Å². The molecule has 19 heavy (non-hydrogen) atoms. The number of ether oxygens (including phenoxy) is 1. The van der Waals surface area contributed by atoms with Gasteiger partial charge in [0, 0.05) is 12.3 Å². The number of nitrogens with zero attached hydrogens (tertiary/aromatic N) is 2. The molecule has 0 aromatic carbocycles. The highest BCUT2D eigenvalue weighted by atomic mass is 32.2. The summed E-state index contributed by atoms with van der Waals surface area (Å²) >= 11 is 1.15. The van der Waals surface area contributed by atoms with Gasteiger partial charge in [0.15, 0.2) is 5.03 Å². The fourth-order valence-corrected chi connectivity index (χ4v) is 4.33. The van der Waals surface area contributed by atoms with Crippen LogP contribution in [-0.2, 0) is 19.6 Å². The third-order valence-corrected chi connectivity index (χ3v) is 5.37. The van der Waals surface area contributed by atoms with E-state index in [2.05, 4.69) is 4.74 Å². The Bertz CT molecular complexity index is 461. The molecule has 1 fully saturated rings. The second kappa shape index (κ2) is 7.34. The largest absolute Gasteiger partial charge is 0.468 e. The van der Waals surface area contributed by atoms with Gasteiger partial charge in [0.05, 0.1) is 17.3 Å². The van der Waals surface area contributed by atoms with Crippen molar-refractivity contribution in [2.45, 2.75) is 12.8 Å². The fraction of sp³-hybridized carbons (Fsp3) is 0.667. The molecule has 1 aliphatic rings. The van der Waals surface area contributed by atoms with Crippen molar-refractivity contribution in [3.05, 3.63) is 21.3 Å². The second-order valence-corrected chi connectivity index (χ2v) is 6.79. The highest BCUT2D eigenvalue weighted by molar-refractivity contribution is 8.04. The smallest absolute Gasteiger partial charge is 0.293 e. The Kier molecular flexibility index (Phi) is 6.09. The van der Waals surface area contributed by atoms with E-state index >= 15 is 0 Å². The maximum absolute atomic E-state index is 12.0. The van der Waals surface area contributed by atoms with E-state index in [1.165, 1.54) is 0 Å². The van der Waals surface area contributed by atoms with Crippen LogP contribution < -0.4 is 0 Å². The fourth-order valence-electron chi connectivity index (χ4n) is 1.52. The SMILES string of the molecule is O=COCCCS(=O)(=O)N1CCCS/C1=C\[N+](=O)[O-]. The summed E-state index contributed by atoms with van der Waals surface area (Å²) in [5.41, 5.74) is 0. The Labute approximate surface area is 115 Å². The quantitative estimate of drug-likeness (QED) is 0.290. The minimum absolute atomic E-state index is 0.0119. The molecule has 1 rings (SSSR count). The molecule has 0 aliphatic carbocycles. The number of carbonyl (C=O) groups excluding carboxylic acids is 1. The van der Waals surface area contributed by atoms with Crippen molar-refractivity contribution >= 4 is 28.3 Å². The lowest BCUT2D eigenvalue weighted by Gasteiger charge is -2.28. The number of rotatable bonds is 7. The van der Waals surface area contributed by atoms with Gasteiger partial charge in [-0.3, -0.25) is 19.2 Å². The zero-order valence-corrected chi connectivity index (χ0v) is 11.7. The summed E-state index contributed by atoms with van der Waals surface area (Å²) in [6.45, 7) is 0.503. The van der Waals surface area contributed by atoms with Gasteiger partial charge in [0.25, 0.3) is 12.7 Å². The van der Waals surface area contributed by atoms with Gasteiger partial charge in [-0.2, -0.15) is 0 Å². The summed E-state index contributed by atoms with van der Waals surface area (Å²) in [4.78, 5) is 19.7. The van der Waals surface area contributed by atoms with Crippen molar-refractivity contribution in [2.24, 2.45) is 0 Å². The first-order valence-electron chi connectivity index (χ1n) is 5.51. The van der Waals surface area contributed by atoms with Crippen LogP contribution >= 0.6 is 11.8 Å². The molecule has 0 radical (unpaired) electrons. The molecule has 0 atom stereocenters. The van der Waals surface area contributed by atoms with Crippen LogP contribution in [0.4, 0.5) is 0 Å². The van der Waals surface area contributed by atoms with E-state index in [4.69, 9.17) is 0 Å². The van der Waals surface area contributed by atoms with E-state index in [-0.39, 0.29) is 36.8 Å². The second-order valence-electron chi connectivity index (χ2n) is 3.66. The molecular formula is C9H14N2O6S2. The zero-order chi connectivity index (χ0) is 14.3. The molecule has 10 heteroatoms. The zero-order valence-electron chi connectivity index (χ0n) is 10.1. The standard InChI is InChI=1S/C9H14N2O6S2/c12-8-17-4-2-6-19(15,16)10-3-1-5-18-9(10)7-11(13)14/h7-8H,1-6H2/b9-7-. The predicted octanol–water partition coefficient (Wildman–Crippen LogP) is 0.394. The Morgan fingerprint density at radius 2 is 2.26 bits per heavy atom. The van der Waals surface area contributed by atoms with Gasteiger partial charge in [-0.05, 0) is 12.8 Å². The molecule has 1 aliphatic heterocycles. The molecule has 1 heterocycles. The third-order valence-electron chi connectivity index (χ3n) is 2.29. The normalized spacial score (nSPS) is 18.3. The lowest BCUT2D eigenvalue weighted by atomic mass is 10.5. The van der Waals surface area contributed by atoms with E-state index in [1.807, 2.05) is 0 Å². The summed E-state index contributed by atoms with van der Waals surface area (Å²) in [5, 5.41) is 10.6. The van der Waals surface area contributed by atoms with Crippen LogP contribution in [0, 0.1) is 10.1 Å². The van der Waals surface area contributed by atoms with Crippen LogP contribution in [0.25, 0.3) is 0 Å². The maximum Gasteiger partial charge on any atom is 0.293 e. The average Bonchev–Trinajstić information content (AvgIpc) is 2.34. The minimum atomic E-state index is -3.61. The van der Waals surface area contributed by atoms with E-state index in [0.29, 0.717) is 18.4 Å². The summed E-state index contributed by atoms with van der Waals surface area (Å²) in [5.74, 6) is 0.441. The minimum Gasteiger partial charge on any atom is -0.468 e. The van der Waals surface area contributed by atoms with Crippen LogP contribution in [0.5, 0.6) is 0 Å².